The van der Waals surface area contributed by atoms with Gasteiger partial charge in [-0.25, -0.2) is 0 Å². The second kappa shape index (κ2) is 8.02. The molecule has 0 fully saturated rings. The number of nitrogens with two attached hydrogens (primary N) is 1. The van der Waals surface area contributed by atoms with E-state index in [-0.39, 0.29) is 12.5 Å². The molecule has 0 atom stereocenters. The van der Waals surface area contributed by atoms with Crippen LogP contribution in [0.3, 0.4) is 0 Å². The predicted molar refractivity (Wildman–Crippen MR) is 86.2 cm³/mol. The van der Waals surface area contributed by atoms with Crippen LogP contribution in [0.1, 0.15) is 44.9 Å². The van der Waals surface area contributed by atoms with Crippen LogP contribution in [0.2, 0.25) is 0 Å². The van der Waals surface area contributed by atoms with E-state index >= 15 is 0 Å². The second-order valence-electron chi connectivity index (χ2n) is 5.79. The summed E-state index contributed by atoms with van der Waals surface area (Å²) in [6.45, 7) is 10.2. The Hall–Kier alpha value is -1.56. The number of hydrogen-bond acceptors (Lipinski definition) is 4. The van der Waals surface area contributed by atoms with Crippen molar-refractivity contribution < 1.29 is 4.79 Å². The maximum Gasteiger partial charge on any atom is 0.236 e. The summed E-state index contributed by atoms with van der Waals surface area (Å²) >= 11 is 0. The largest absolute Gasteiger partial charge is 0.368 e. The molecule has 0 spiro atoms. The molecule has 3 N–H and O–H groups in total. The third-order valence-electron chi connectivity index (χ3n) is 3.43. The highest BCUT2D eigenvalue weighted by Gasteiger charge is 2.20. The minimum Gasteiger partial charge on any atom is -0.368 e. The Morgan fingerprint density at radius 2 is 2.14 bits per heavy atom. The summed E-state index contributed by atoms with van der Waals surface area (Å²) in [6.07, 6.45) is 2.10. The average Bonchev–Trinajstić information content (AvgIpc) is 2.66. The van der Waals surface area contributed by atoms with Crippen molar-refractivity contribution in [2.45, 2.75) is 53.1 Å². The van der Waals surface area contributed by atoms with Gasteiger partial charge in [-0.05, 0) is 13.3 Å². The van der Waals surface area contributed by atoms with Gasteiger partial charge < -0.3 is 16.0 Å². The van der Waals surface area contributed by atoms with Crippen molar-refractivity contribution in [1.82, 2.24) is 15.1 Å². The van der Waals surface area contributed by atoms with Crippen LogP contribution in [0.4, 0.5) is 5.82 Å². The molecule has 0 aliphatic rings. The molecule has 0 radical (unpaired) electrons. The summed E-state index contributed by atoms with van der Waals surface area (Å²) in [4.78, 5) is 13.4. The first-order valence-corrected chi connectivity index (χ1v) is 7.65. The lowest BCUT2D eigenvalue weighted by Crippen LogP contribution is -2.36. The number of anilines is 1. The molecule has 1 rings (SSSR count). The molecule has 0 saturated heterocycles. The van der Waals surface area contributed by atoms with Gasteiger partial charge in [0, 0.05) is 31.7 Å². The first-order valence-electron chi connectivity index (χ1n) is 7.65. The number of primary amides is 1. The molecular formula is C15H29N5O. The molecule has 1 amide bonds. The lowest BCUT2D eigenvalue weighted by Gasteiger charge is -2.25. The fourth-order valence-corrected chi connectivity index (χ4v) is 2.40. The molecule has 1 heterocycles. The molecule has 0 bridgehead atoms. The fourth-order valence-electron chi connectivity index (χ4n) is 2.40. The van der Waals surface area contributed by atoms with Crippen LogP contribution in [0, 0.1) is 6.92 Å². The van der Waals surface area contributed by atoms with Crippen LogP contribution in [-0.4, -0.2) is 34.8 Å². The number of nitrogens with zero attached hydrogens (tertiary/aromatic N) is 3. The van der Waals surface area contributed by atoms with Crippen LogP contribution in [-0.2, 0) is 18.4 Å². The Labute approximate surface area is 127 Å². The summed E-state index contributed by atoms with van der Waals surface area (Å²) in [7, 11) is 1.92. The predicted octanol–water partition coefficient (Wildman–Crippen LogP) is 1.32. The standard InChI is InChI=1S/C15H29N5O/c1-6-7-8-20(10-14(16)21)15-13(9-17-11(2)3)12(4)18-19(15)5/h11,17H,6-10H2,1-5H3,(H2,16,21). The van der Waals surface area contributed by atoms with Crippen LogP contribution in [0.25, 0.3) is 0 Å². The molecule has 120 valence electrons. The van der Waals surface area contributed by atoms with Gasteiger partial charge in [0.2, 0.25) is 5.91 Å². The Morgan fingerprint density at radius 3 is 2.67 bits per heavy atom. The number of carbonyl (C=O) groups is 1. The van der Waals surface area contributed by atoms with Crippen molar-refractivity contribution in [2.24, 2.45) is 12.8 Å². The van der Waals surface area contributed by atoms with E-state index in [2.05, 4.69) is 31.2 Å². The van der Waals surface area contributed by atoms with E-state index in [1.54, 1.807) is 0 Å². The Bertz CT molecular complexity index is 467. The molecule has 0 aliphatic heterocycles. The highest BCUT2D eigenvalue weighted by molar-refractivity contribution is 5.79. The quantitative estimate of drug-likeness (QED) is 0.720. The van der Waals surface area contributed by atoms with E-state index in [0.29, 0.717) is 6.04 Å². The minimum absolute atomic E-state index is 0.230. The van der Waals surface area contributed by atoms with Gasteiger partial charge in [-0.2, -0.15) is 5.10 Å². The lowest BCUT2D eigenvalue weighted by molar-refractivity contribution is -0.116. The number of rotatable bonds is 9. The van der Waals surface area contributed by atoms with Gasteiger partial charge in [0.15, 0.2) is 0 Å². The average molecular weight is 295 g/mol. The van der Waals surface area contributed by atoms with Crippen LogP contribution in [0.5, 0.6) is 0 Å². The first-order chi connectivity index (χ1) is 9.86. The second-order valence-corrected chi connectivity index (χ2v) is 5.79. The number of aromatic nitrogens is 2. The molecule has 0 saturated carbocycles. The number of amides is 1. The summed E-state index contributed by atoms with van der Waals surface area (Å²) in [5.74, 6) is 0.681. The number of aryl methyl sites for hydroxylation is 2. The molecule has 0 aliphatic carbocycles. The third kappa shape index (κ3) is 5.04. The number of hydrogen-bond donors (Lipinski definition) is 2. The molecule has 21 heavy (non-hydrogen) atoms. The van der Waals surface area contributed by atoms with Gasteiger partial charge in [-0.1, -0.05) is 27.2 Å². The molecule has 6 nitrogen and oxygen atoms in total. The lowest BCUT2D eigenvalue weighted by atomic mass is 10.2. The molecule has 6 heteroatoms. The van der Waals surface area contributed by atoms with Crippen molar-refractivity contribution in [1.29, 1.82) is 0 Å². The SMILES string of the molecule is CCCCN(CC(N)=O)c1c(CNC(C)C)c(C)nn1C. The molecule has 1 aromatic rings. The van der Waals surface area contributed by atoms with Crippen molar-refractivity contribution in [2.75, 3.05) is 18.0 Å². The van der Waals surface area contributed by atoms with Gasteiger partial charge in [0.1, 0.15) is 5.82 Å². The van der Waals surface area contributed by atoms with Gasteiger partial charge in [0.05, 0.1) is 12.2 Å². The summed E-state index contributed by atoms with van der Waals surface area (Å²) in [6, 6.07) is 0.401. The smallest absolute Gasteiger partial charge is 0.236 e. The van der Waals surface area contributed by atoms with E-state index in [9.17, 15) is 4.79 Å². The van der Waals surface area contributed by atoms with Gasteiger partial charge in [-0.3, -0.25) is 9.48 Å². The first kappa shape index (κ1) is 17.5. The molecular weight excluding hydrogens is 266 g/mol. The van der Waals surface area contributed by atoms with E-state index in [4.69, 9.17) is 5.73 Å². The van der Waals surface area contributed by atoms with Crippen molar-refractivity contribution in [3.63, 3.8) is 0 Å². The highest BCUT2D eigenvalue weighted by atomic mass is 16.1. The Balaban J connectivity index is 3.06. The van der Waals surface area contributed by atoms with Crippen LogP contribution >= 0.6 is 0 Å². The highest BCUT2D eigenvalue weighted by Crippen LogP contribution is 2.23. The van der Waals surface area contributed by atoms with Crippen molar-refractivity contribution in [3.8, 4) is 0 Å². The summed E-state index contributed by atoms with van der Waals surface area (Å²) in [5.41, 5.74) is 7.54. The van der Waals surface area contributed by atoms with Gasteiger partial charge >= 0.3 is 0 Å². The van der Waals surface area contributed by atoms with E-state index < -0.39 is 0 Å². The van der Waals surface area contributed by atoms with E-state index in [1.165, 1.54) is 0 Å². The Kier molecular flexibility index (Phi) is 6.68. The third-order valence-corrected chi connectivity index (χ3v) is 3.43. The maximum absolute atomic E-state index is 11.4. The zero-order valence-corrected chi connectivity index (χ0v) is 13.9. The van der Waals surface area contributed by atoms with Gasteiger partial charge in [-0.15, -0.1) is 0 Å². The molecule has 0 aromatic carbocycles. The zero-order chi connectivity index (χ0) is 16.0. The molecule has 0 unspecified atom stereocenters. The molecule has 1 aromatic heterocycles. The van der Waals surface area contributed by atoms with Gasteiger partial charge in [0.25, 0.3) is 0 Å². The van der Waals surface area contributed by atoms with Crippen molar-refractivity contribution in [3.05, 3.63) is 11.3 Å². The topological polar surface area (TPSA) is 76.2 Å². The monoisotopic (exact) mass is 295 g/mol. The van der Waals surface area contributed by atoms with Crippen molar-refractivity contribution >= 4 is 11.7 Å². The minimum atomic E-state index is -0.312. The van der Waals surface area contributed by atoms with Crippen LogP contribution in [0.15, 0.2) is 0 Å². The normalized spacial score (nSPS) is 11.1. The number of unbranched alkanes of at least 4 members (excludes halogenated alkanes) is 1. The van der Waals surface area contributed by atoms with Crippen LogP contribution < -0.4 is 16.0 Å². The summed E-state index contributed by atoms with van der Waals surface area (Å²) < 4.78 is 1.85. The number of nitrogens with one attached hydrogen (secondary N) is 1. The van der Waals surface area contributed by atoms with E-state index in [0.717, 1.165) is 43.0 Å². The number of carbonyl (C=O) groups excluding carboxylic acids is 1. The zero-order valence-electron chi connectivity index (χ0n) is 13.9. The van der Waals surface area contributed by atoms with E-state index in [1.807, 2.05) is 23.6 Å². The Morgan fingerprint density at radius 1 is 1.48 bits per heavy atom. The fraction of sp³-hybridized carbons (Fsp3) is 0.733. The summed E-state index contributed by atoms with van der Waals surface area (Å²) in [5, 5.41) is 7.93. The maximum atomic E-state index is 11.4.